The summed E-state index contributed by atoms with van der Waals surface area (Å²) in [7, 11) is 0. The summed E-state index contributed by atoms with van der Waals surface area (Å²) < 4.78 is 0. The molecule has 0 heterocycles. The summed E-state index contributed by atoms with van der Waals surface area (Å²) in [5.74, 6) is -2.36. The molecule has 0 aliphatic heterocycles. The second kappa shape index (κ2) is 3.55. The lowest BCUT2D eigenvalue weighted by Crippen LogP contribution is -2.01. The summed E-state index contributed by atoms with van der Waals surface area (Å²) in [4.78, 5) is 20.3. The Morgan fingerprint density at radius 3 is 2.00 bits per heavy atom. The maximum atomic E-state index is 10.2. The monoisotopic (exact) mass is 156 g/mol. The molecule has 11 heavy (non-hydrogen) atoms. The van der Waals surface area contributed by atoms with E-state index in [-0.39, 0.29) is 11.1 Å². The van der Waals surface area contributed by atoms with Crippen molar-refractivity contribution < 1.29 is 19.8 Å². The Hall–Kier alpha value is -1.58. The zero-order chi connectivity index (χ0) is 9.02. The van der Waals surface area contributed by atoms with E-state index in [0.717, 1.165) is 6.08 Å². The average Bonchev–Trinajstić information content (AvgIpc) is 1.87. The van der Waals surface area contributed by atoms with Gasteiger partial charge < -0.3 is 10.2 Å². The Morgan fingerprint density at radius 2 is 1.73 bits per heavy atom. The van der Waals surface area contributed by atoms with Crippen molar-refractivity contribution in [2.75, 3.05) is 0 Å². The molecule has 0 saturated carbocycles. The fourth-order valence-electron chi connectivity index (χ4n) is 0.385. The third kappa shape index (κ3) is 3.20. The zero-order valence-electron chi connectivity index (χ0n) is 6.00. The van der Waals surface area contributed by atoms with Crippen LogP contribution in [0.4, 0.5) is 0 Å². The highest BCUT2D eigenvalue weighted by molar-refractivity contribution is 5.93. The number of carboxylic acid groups (broad SMARTS) is 2. The van der Waals surface area contributed by atoms with Crippen LogP contribution in [0, 0.1) is 0 Å². The lowest BCUT2D eigenvalue weighted by Gasteiger charge is -1.92. The van der Waals surface area contributed by atoms with Gasteiger partial charge in [-0.15, -0.1) is 0 Å². The van der Waals surface area contributed by atoms with Gasteiger partial charge in [0, 0.05) is 5.57 Å². The molecular weight excluding hydrogens is 148 g/mol. The van der Waals surface area contributed by atoms with E-state index in [1.54, 1.807) is 0 Å². The highest BCUT2D eigenvalue weighted by atomic mass is 16.4. The number of carbonyl (C=O) groups is 2. The maximum absolute atomic E-state index is 10.2. The first-order valence-electron chi connectivity index (χ1n) is 2.79. The Balaban J connectivity index is 4.44. The lowest BCUT2D eigenvalue weighted by atomic mass is 10.2. The van der Waals surface area contributed by atoms with E-state index in [0.29, 0.717) is 0 Å². The number of rotatable bonds is 3. The zero-order valence-corrected chi connectivity index (χ0v) is 6.00. The third-order valence-corrected chi connectivity index (χ3v) is 1.00. The largest absolute Gasteiger partial charge is 0.478 e. The summed E-state index contributed by atoms with van der Waals surface area (Å²) in [6.07, 6.45) is 1.00. The quantitative estimate of drug-likeness (QED) is 0.465. The molecule has 0 saturated heterocycles. The van der Waals surface area contributed by atoms with Gasteiger partial charge in [0.2, 0.25) is 0 Å². The molecule has 0 aromatic carbocycles. The number of hydrogen-bond donors (Lipinski definition) is 2. The summed E-state index contributed by atoms with van der Waals surface area (Å²) in [6.45, 7) is 4.44. The minimum atomic E-state index is -1.22. The van der Waals surface area contributed by atoms with Gasteiger partial charge in [-0.25, -0.2) is 9.59 Å². The molecule has 0 aliphatic rings. The molecule has 0 radical (unpaired) electrons. The van der Waals surface area contributed by atoms with Crippen molar-refractivity contribution >= 4 is 11.9 Å². The fourth-order valence-corrected chi connectivity index (χ4v) is 0.385. The molecule has 60 valence electrons. The van der Waals surface area contributed by atoms with E-state index in [1.807, 2.05) is 0 Å². The molecule has 0 fully saturated rings. The van der Waals surface area contributed by atoms with E-state index >= 15 is 0 Å². The van der Waals surface area contributed by atoms with Gasteiger partial charge in [-0.05, 0) is 13.0 Å². The summed E-state index contributed by atoms with van der Waals surface area (Å²) in [5.41, 5.74) is -0.276. The van der Waals surface area contributed by atoms with Crippen molar-refractivity contribution in [3.05, 3.63) is 23.8 Å². The maximum Gasteiger partial charge on any atom is 0.335 e. The number of carboxylic acids is 2. The highest BCUT2D eigenvalue weighted by Crippen LogP contribution is 1.99. The van der Waals surface area contributed by atoms with Crippen LogP contribution in [0.15, 0.2) is 23.8 Å². The van der Waals surface area contributed by atoms with Crippen LogP contribution in [0.25, 0.3) is 0 Å². The Kier molecular flexibility index (Phi) is 3.04. The summed E-state index contributed by atoms with van der Waals surface area (Å²) in [6, 6.07) is 0. The van der Waals surface area contributed by atoms with Crippen molar-refractivity contribution in [1.82, 2.24) is 0 Å². The van der Waals surface area contributed by atoms with Gasteiger partial charge in [-0.3, -0.25) is 0 Å². The predicted molar refractivity (Wildman–Crippen MR) is 38.2 cm³/mol. The van der Waals surface area contributed by atoms with E-state index < -0.39 is 11.9 Å². The molecule has 4 nitrogen and oxygen atoms in total. The van der Waals surface area contributed by atoms with Gasteiger partial charge in [0.25, 0.3) is 0 Å². The molecule has 0 aliphatic carbocycles. The second-order valence-corrected chi connectivity index (χ2v) is 1.96. The molecule has 0 unspecified atom stereocenters. The average molecular weight is 156 g/mol. The minimum absolute atomic E-state index is 0.0441. The van der Waals surface area contributed by atoms with E-state index in [9.17, 15) is 9.59 Å². The molecule has 0 bridgehead atoms. The topological polar surface area (TPSA) is 74.6 Å². The molecule has 0 aromatic rings. The fraction of sp³-hybridized carbons (Fsp3) is 0.143. The van der Waals surface area contributed by atoms with E-state index in [2.05, 4.69) is 6.58 Å². The molecule has 2 N–H and O–H groups in total. The highest BCUT2D eigenvalue weighted by Gasteiger charge is 2.04. The normalized spacial score (nSPS) is 10.8. The first-order valence-corrected chi connectivity index (χ1v) is 2.79. The number of hydrogen-bond acceptors (Lipinski definition) is 2. The summed E-state index contributed by atoms with van der Waals surface area (Å²) in [5, 5.41) is 16.6. The smallest absolute Gasteiger partial charge is 0.335 e. The Labute approximate surface area is 63.5 Å². The predicted octanol–water partition coefficient (Wildman–Crippen LogP) is 0.658. The van der Waals surface area contributed by atoms with Gasteiger partial charge >= 0.3 is 11.9 Å². The van der Waals surface area contributed by atoms with Crippen LogP contribution in [0.2, 0.25) is 0 Å². The van der Waals surface area contributed by atoms with Crippen molar-refractivity contribution in [2.45, 2.75) is 6.92 Å². The van der Waals surface area contributed by atoms with Crippen molar-refractivity contribution in [1.29, 1.82) is 0 Å². The van der Waals surface area contributed by atoms with Gasteiger partial charge in [0.15, 0.2) is 0 Å². The third-order valence-electron chi connectivity index (χ3n) is 1.00. The van der Waals surface area contributed by atoms with Gasteiger partial charge in [-0.1, -0.05) is 6.58 Å². The first-order chi connectivity index (χ1) is 4.95. The summed E-state index contributed by atoms with van der Waals surface area (Å²) >= 11 is 0. The van der Waals surface area contributed by atoms with Gasteiger partial charge in [0.1, 0.15) is 0 Å². The van der Waals surface area contributed by atoms with Gasteiger partial charge in [0.05, 0.1) is 5.57 Å². The van der Waals surface area contributed by atoms with Crippen LogP contribution in [0.5, 0.6) is 0 Å². The Bertz CT molecular complexity index is 237. The Morgan fingerprint density at radius 1 is 1.27 bits per heavy atom. The van der Waals surface area contributed by atoms with Crippen LogP contribution in [0.3, 0.4) is 0 Å². The van der Waals surface area contributed by atoms with Crippen LogP contribution < -0.4 is 0 Å². The molecule has 0 rings (SSSR count). The SMILES string of the molecule is C=C(/C=C(\C)C(=O)O)C(=O)O. The molecule has 0 aromatic heterocycles. The van der Waals surface area contributed by atoms with Crippen molar-refractivity contribution in [3.63, 3.8) is 0 Å². The standard InChI is InChI=1S/C7H8O4/c1-4(6(8)9)3-5(2)7(10)11/h3H,1H2,2H3,(H,8,9)(H,10,11)/b5-3+. The first kappa shape index (κ1) is 9.42. The van der Waals surface area contributed by atoms with Crippen LogP contribution in [0.1, 0.15) is 6.92 Å². The van der Waals surface area contributed by atoms with E-state index in [1.165, 1.54) is 6.92 Å². The number of aliphatic carboxylic acids is 2. The molecule has 4 heteroatoms. The van der Waals surface area contributed by atoms with Crippen LogP contribution in [-0.4, -0.2) is 22.2 Å². The second-order valence-electron chi connectivity index (χ2n) is 1.96. The van der Waals surface area contributed by atoms with Crippen LogP contribution in [-0.2, 0) is 9.59 Å². The lowest BCUT2D eigenvalue weighted by molar-refractivity contribution is -0.132. The van der Waals surface area contributed by atoms with Crippen LogP contribution >= 0.6 is 0 Å². The molecular formula is C7H8O4. The molecule has 0 atom stereocenters. The van der Waals surface area contributed by atoms with Crippen molar-refractivity contribution in [3.8, 4) is 0 Å². The van der Waals surface area contributed by atoms with E-state index in [4.69, 9.17) is 10.2 Å². The van der Waals surface area contributed by atoms with Crippen molar-refractivity contribution in [2.24, 2.45) is 0 Å². The van der Waals surface area contributed by atoms with Gasteiger partial charge in [-0.2, -0.15) is 0 Å². The molecule has 0 amide bonds. The molecule has 0 spiro atoms. The minimum Gasteiger partial charge on any atom is -0.478 e.